The number of rotatable bonds is 17. The number of benzene rings is 1. The summed E-state index contributed by atoms with van der Waals surface area (Å²) in [6.07, 6.45) is -2.37. The quantitative estimate of drug-likeness (QED) is 0.0831. The number of carbonyl (C=O) groups excluding carboxylic acids is 3. The van der Waals surface area contributed by atoms with Gasteiger partial charge in [0.15, 0.2) is 11.5 Å². The van der Waals surface area contributed by atoms with Crippen LogP contribution < -0.4 is 14.8 Å². The van der Waals surface area contributed by atoms with Gasteiger partial charge in [0.05, 0.1) is 13.2 Å². The zero-order chi connectivity index (χ0) is 32.7. The highest BCUT2D eigenvalue weighted by atomic mass is 16.8. The van der Waals surface area contributed by atoms with Gasteiger partial charge in [-0.25, -0.2) is 19.2 Å². The number of carbonyl (C=O) groups is 4. The second-order valence-corrected chi connectivity index (χ2v) is 11.7. The van der Waals surface area contributed by atoms with E-state index >= 15 is 0 Å². The average Bonchev–Trinajstić information content (AvgIpc) is 2.89. The number of hydrogen-bond acceptors (Lipinski definition) is 11. The molecule has 1 aromatic carbocycles. The largest absolute Gasteiger partial charge is 0.513 e. The van der Waals surface area contributed by atoms with Crippen LogP contribution in [0.3, 0.4) is 0 Å². The van der Waals surface area contributed by atoms with Crippen LogP contribution in [0.25, 0.3) is 0 Å². The van der Waals surface area contributed by atoms with E-state index in [9.17, 15) is 24.3 Å². The summed E-state index contributed by atoms with van der Waals surface area (Å²) < 4.78 is 31.6. The van der Waals surface area contributed by atoms with E-state index in [4.69, 9.17) is 28.4 Å². The lowest BCUT2D eigenvalue weighted by Gasteiger charge is -2.33. The molecule has 0 saturated carbocycles. The van der Waals surface area contributed by atoms with E-state index in [0.29, 0.717) is 25.2 Å². The fraction of sp³-hybridized carbons (Fsp3) is 0.677. The SMILES string of the molecule is CCC(C)N[C@@](Cc1ccc(OC(=O)OCCC(C)C)c(OC(=O)OCCC(C)C)c1)(OC(=O)OC(C)C(C)C)C(=O)O. The van der Waals surface area contributed by atoms with Gasteiger partial charge in [-0.2, -0.15) is 0 Å². The minimum Gasteiger partial charge on any atom is -0.477 e. The van der Waals surface area contributed by atoms with Crippen molar-refractivity contribution in [2.24, 2.45) is 17.8 Å². The second kappa shape index (κ2) is 18.2. The van der Waals surface area contributed by atoms with Crippen LogP contribution in [-0.4, -0.2) is 60.6 Å². The van der Waals surface area contributed by atoms with Gasteiger partial charge in [0.25, 0.3) is 5.72 Å². The topological polar surface area (TPSA) is 156 Å². The van der Waals surface area contributed by atoms with Crippen LogP contribution in [-0.2, 0) is 30.2 Å². The highest BCUT2D eigenvalue weighted by molar-refractivity contribution is 5.80. The number of nitrogens with one attached hydrogen (secondary N) is 1. The molecule has 244 valence electrons. The first-order chi connectivity index (χ1) is 20.1. The van der Waals surface area contributed by atoms with E-state index in [-0.39, 0.29) is 48.2 Å². The first-order valence-electron chi connectivity index (χ1n) is 14.8. The molecule has 0 saturated heterocycles. The van der Waals surface area contributed by atoms with Gasteiger partial charge in [0.1, 0.15) is 6.10 Å². The molecule has 1 aromatic rings. The molecule has 1 rings (SSSR count). The monoisotopic (exact) mass is 611 g/mol. The molecule has 2 unspecified atom stereocenters. The highest BCUT2D eigenvalue weighted by Crippen LogP contribution is 2.32. The van der Waals surface area contributed by atoms with E-state index in [1.807, 2.05) is 48.5 Å². The first kappa shape index (κ1) is 37.5. The molecule has 0 aliphatic heterocycles. The zero-order valence-corrected chi connectivity index (χ0v) is 26.9. The van der Waals surface area contributed by atoms with E-state index in [1.54, 1.807) is 13.8 Å². The van der Waals surface area contributed by atoms with Crippen molar-refractivity contribution in [1.82, 2.24) is 5.32 Å². The number of carboxylic acids is 1. The minimum atomic E-state index is -2.24. The fourth-order valence-corrected chi connectivity index (χ4v) is 3.36. The van der Waals surface area contributed by atoms with Crippen LogP contribution in [0.5, 0.6) is 11.5 Å². The zero-order valence-electron chi connectivity index (χ0n) is 26.9. The van der Waals surface area contributed by atoms with Crippen molar-refractivity contribution in [3.63, 3.8) is 0 Å². The summed E-state index contributed by atoms with van der Waals surface area (Å²) in [6, 6.07) is 3.71. The van der Waals surface area contributed by atoms with Gasteiger partial charge in [-0.05, 0) is 68.6 Å². The van der Waals surface area contributed by atoms with Crippen molar-refractivity contribution < 1.29 is 52.7 Å². The highest BCUT2D eigenvalue weighted by Gasteiger charge is 2.45. The predicted octanol–water partition coefficient (Wildman–Crippen LogP) is 6.72. The predicted molar refractivity (Wildman–Crippen MR) is 158 cm³/mol. The number of aliphatic carboxylic acids is 1. The third-order valence-corrected chi connectivity index (χ3v) is 6.59. The Morgan fingerprint density at radius 3 is 1.81 bits per heavy atom. The van der Waals surface area contributed by atoms with Gasteiger partial charge in [-0.1, -0.05) is 54.5 Å². The first-order valence-corrected chi connectivity index (χ1v) is 14.8. The maximum atomic E-state index is 12.7. The van der Waals surface area contributed by atoms with Crippen LogP contribution >= 0.6 is 0 Å². The Kier molecular flexibility index (Phi) is 15.9. The van der Waals surface area contributed by atoms with Crippen molar-refractivity contribution in [2.75, 3.05) is 13.2 Å². The molecule has 0 fully saturated rings. The normalized spacial score (nSPS) is 14.0. The van der Waals surface area contributed by atoms with Crippen molar-refractivity contribution in [2.45, 2.75) is 106 Å². The van der Waals surface area contributed by atoms with E-state index in [2.05, 4.69) is 5.32 Å². The lowest BCUT2D eigenvalue weighted by atomic mass is 10.00. The third kappa shape index (κ3) is 14.0. The molecule has 3 atom stereocenters. The number of hydrogen-bond donors (Lipinski definition) is 2. The minimum absolute atomic E-state index is 0.0288. The molecular formula is C31H49NO11. The Hall–Kier alpha value is -3.54. The summed E-state index contributed by atoms with van der Waals surface area (Å²) in [5.74, 6) is -1.27. The molecule has 0 aromatic heterocycles. The summed E-state index contributed by atoms with van der Waals surface area (Å²) in [6.45, 7) is 17.1. The molecule has 12 heteroatoms. The summed E-state index contributed by atoms with van der Waals surface area (Å²) in [5.41, 5.74) is -1.97. The molecule has 0 amide bonds. The van der Waals surface area contributed by atoms with Crippen LogP contribution in [0.1, 0.15) is 87.1 Å². The van der Waals surface area contributed by atoms with E-state index < -0.39 is 42.7 Å². The average molecular weight is 612 g/mol. The molecular weight excluding hydrogens is 562 g/mol. The molecule has 0 aliphatic rings. The molecule has 0 heterocycles. The summed E-state index contributed by atoms with van der Waals surface area (Å²) in [5, 5.41) is 13.2. The van der Waals surface area contributed by atoms with Crippen molar-refractivity contribution in [1.29, 1.82) is 0 Å². The molecule has 43 heavy (non-hydrogen) atoms. The fourth-order valence-electron chi connectivity index (χ4n) is 3.36. The van der Waals surface area contributed by atoms with Crippen LogP contribution in [0, 0.1) is 17.8 Å². The van der Waals surface area contributed by atoms with Gasteiger partial charge >= 0.3 is 24.4 Å². The molecule has 0 radical (unpaired) electrons. The number of carboxylic acid groups (broad SMARTS) is 1. The summed E-state index contributed by atoms with van der Waals surface area (Å²) >= 11 is 0. The maximum absolute atomic E-state index is 12.7. The Bertz CT molecular complexity index is 1060. The molecule has 2 N–H and O–H groups in total. The van der Waals surface area contributed by atoms with E-state index in [1.165, 1.54) is 18.2 Å². The third-order valence-electron chi connectivity index (χ3n) is 6.59. The van der Waals surface area contributed by atoms with Gasteiger partial charge in [0, 0.05) is 12.5 Å². The van der Waals surface area contributed by atoms with Crippen LogP contribution in [0.15, 0.2) is 18.2 Å². The Labute approximate surface area is 254 Å². The Morgan fingerprint density at radius 1 is 0.814 bits per heavy atom. The van der Waals surface area contributed by atoms with Gasteiger partial charge in [-0.15, -0.1) is 0 Å². The number of ether oxygens (including phenoxy) is 6. The van der Waals surface area contributed by atoms with Crippen molar-refractivity contribution >= 4 is 24.4 Å². The summed E-state index contributed by atoms with van der Waals surface area (Å²) in [7, 11) is 0. The Morgan fingerprint density at radius 2 is 1.35 bits per heavy atom. The van der Waals surface area contributed by atoms with Crippen LogP contribution in [0.2, 0.25) is 0 Å². The van der Waals surface area contributed by atoms with Gasteiger partial charge in [0.2, 0.25) is 0 Å². The standard InChI is InChI=1S/C31H49NO11/c1-10-22(8)32-31(27(33)34,43-30(37)40-23(9)21(6)7)18-24-11-12-25(41-28(35)38-15-13-19(2)3)26(17-24)42-29(36)39-16-14-20(4)5/h11-12,17,19-23,32H,10,13-16,18H2,1-9H3,(H,33,34)/t22?,23?,31-/m0/s1. The lowest BCUT2D eigenvalue weighted by molar-refractivity contribution is -0.168. The van der Waals surface area contributed by atoms with Crippen molar-refractivity contribution in [3.05, 3.63) is 23.8 Å². The van der Waals surface area contributed by atoms with Crippen LogP contribution in [0.4, 0.5) is 14.4 Å². The van der Waals surface area contributed by atoms with Gasteiger partial charge in [-0.3, -0.25) is 5.32 Å². The molecule has 12 nitrogen and oxygen atoms in total. The molecule has 0 aliphatic carbocycles. The summed E-state index contributed by atoms with van der Waals surface area (Å²) in [4.78, 5) is 50.1. The maximum Gasteiger partial charge on any atom is 0.513 e. The van der Waals surface area contributed by atoms with Gasteiger partial charge < -0.3 is 33.5 Å². The second-order valence-electron chi connectivity index (χ2n) is 11.7. The Balaban J connectivity index is 3.39. The van der Waals surface area contributed by atoms with Crippen molar-refractivity contribution in [3.8, 4) is 11.5 Å². The molecule has 0 spiro atoms. The lowest BCUT2D eigenvalue weighted by Crippen LogP contribution is -2.59. The van der Waals surface area contributed by atoms with E-state index in [0.717, 1.165) is 0 Å². The smallest absolute Gasteiger partial charge is 0.477 e. The molecule has 0 bridgehead atoms.